The van der Waals surface area contributed by atoms with E-state index in [4.69, 9.17) is 0 Å². The molecule has 0 saturated heterocycles. The predicted octanol–water partition coefficient (Wildman–Crippen LogP) is 3.63. The summed E-state index contributed by atoms with van der Waals surface area (Å²) in [4.78, 5) is 1.03. The Morgan fingerprint density at radius 2 is 2.15 bits per heavy atom. The van der Waals surface area contributed by atoms with Gasteiger partial charge in [-0.25, -0.2) is 8.78 Å². The van der Waals surface area contributed by atoms with Crippen LogP contribution in [0.2, 0.25) is 0 Å². The SMILES string of the molecule is FC(F)CNCc1cc(Br)c(Br)s1. The minimum absolute atomic E-state index is 0.257. The largest absolute Gasteiger partial charge is 0.306 e. The molecule has 0 aliphatic carbocycles. The first kappa shape index (κ1) is 11.6. The fourth-order valence-corrected chi connectivity index (χ4v) is 2.93. The zero-order valence-electron chi connectivity index (χ0n) is 6.49. The maximum absolute atomic E-state index is 11.7. The van der Waals surface area contributed by atoms with Crippen molar-refractivity contribution in [2.24, 2.45) is 0 Å². The molecule has 0 atom stereocenters. The number of rotatable bonds is 4. The molecule has 74 valence electrons. The number of alkyl halides is 2. The van der Waals surface area contributed by atoms with Gasteiger partial charge >= 0.3 is 0 Å². The van der Waals surface area contributed by atoms with Gasteiger partial charge in [0.1, 0.15) is 0 Å². The normalized spacial score (nSPS) is 11.2. The molecule has 1 aromatic rings. The molecule has 13 heavy (non-hydrogen) atoms. The summed E-state index contributed by atoms with van der Waals surface area (Å²) in [6.07, 6.45) is -2.29. The average Bonchev–Trinajstić information content (AvgIpc) is 2.30. The molecule has 0 aliphatic rings. The van der Waals surface area contributed by atoms with E-state index < -0.39 is 6.43 Å². The summed E-state index contributed by atoms with van der Waals surface area (Å²) in [6, 6.07) is 1.91. The van der Waals surface area contributed by atoms with Crippen LogP contribution in [0.4, 0.5) is 8.78 Å². The Morgan fingerprint density at radius 3 is 2.62 bits per heavy atom. The Kier molecular flexibility index (Phi) is 4.78. The van der Waals surface area contributed by atoms with Crippen molar-refractivity contribution in [3.63, 3.8) is 0 Å². The van der Waals surface area contributed by atoms with E-state index >= 15 is 0 Å². The van der Waals surface area contributed by atoms with Crippen LogP contribution in [0.3, 0.4) is 0 Å². The van der Waals surface area contributed by atoms with Crippen molar-refractivity contribution in [1.29, 1.82) is 0 Å². The molecule has 0 amide bonds. The highest BCUT2D eigenvalue weighted by Crippen LogP contribution is 2.32. The molecule has 1 aromatic heterocycles. The lowest BCUT2D eigenvalue weighted by Crippen LogP contribution is -2.19. The molecule has 1 heterocycles. The van der Waals surface area contributed by atoms with E-state index in [1.54, 1.807) is 0 Å². The van der Waals surface area contributed by atoms with Gasteiger partial charge in [0.2, 0.25) is 0 Å². The second kappa shape index (κ2) is 5.38. The Morgan fingerprint density at radius 1 is 1.46 bits per heavy atom. The van der Waals surface area contributed by atoms with Crippen LogP contribution in [-0.2, 0) is 6.54 Å². The second-order valence-electron chi connectivity index (χ2n) is 2.36. The molecule has 0 bridgehead atoms. The average molecular weight is 335 g/mol. The highest BCUT2D eigenvalue weighted by Gasteiger charge is 2.05. The van der Waals surface area contributed by atoms with Gasteiger partial charge in [-0.3, -0.25) is 0 Å². The first-order valence-corrected chi connectivity index (χ1v) is 5.92. The lowest BCUT2D eigenvalue weighted by atomic mass is 10.4. The standard InChI is InChI=1S/C7H7Br2F2NS/c8-5-1-4(13-7(5)9)2-12-3-6(10)11/h1,6,12H,2-3H2. The summed E-state index contributed by atoms with van der Waals surface area (Å²) in [5.74, 6) is 0. The van der Waals surface area contributed by atoms with Crippen LogP contribution in [0.15, 0.2) is 14.3 Å². The van der Waals surface area contributed by atoms with Crippen molar-refractivity contribution in [3.8, 4) is 0 Å². The third-order valence-corrected chi connectivity index (χ3v) is 4.55. The van der Waals surface area contributed by atoms with Crippen LogP contribution < -0.4 is 5.32 Å². The van der Waals surface area contributed by atoms with E-state index in [-0.39, 0.29) is 6.54 Å². The highest BCUT2D eigenvalue weighted by molar-refractivity contribution is 9.13. The molecule has 6 heteroatoms. The summed E-state index contributed by atoms with van der Waals surface area (Å²) in [6.45, 7) is 0.229. The number of halogens is 4. The summed E-state index contributed by atoms with van der Waals surface area (Å²) >= 11 is 8.19. The van der Waals surface area contributed by atoms with Crippen molar-refractivity contribution in [2.45, 2.75) is 13.0 Å². The van der Waals surface area contributed by atoms with Crippen molar-refractivity contribution in [1.82, 2.24) is 5.32 Å². The lowest BCUT2D eigenvalue weighted by molar-refractivity contribution is 0.145. The molecule has 0 aromatic carbocycles. The zero-order valence-corrected chi connectivity index (χ0v) is 10.5. The molecule has 0 unspecified atom stereocenters. The number of hydrogen-bond acceptors (Lipinski definition) is 2. The van der Waals surface area contributed by atoms with Gasteiger partial charge in [0.15, 0.2) is 0 Å². The summed E-state index contributed by atoms with van der Waals surface area (Å²) < 4.78 is 25.4. The van der Waals surface area contributed by atoms with E-state index in [0.29, 0.717) is 6.54 Å². The molecule has 1 N–H and O–H groups in total. The number of thiophene rings is 1. The Labute approximate surface area is 95.8 Å². The predicted molar refractivity (Wildman–Crippen MR) is 57.4 cm³/mol. The van der Waals surface area contributed by atoms with E-state index in [1.807, 2.05) is 6.07 Å². The van der Waals surface area contributed by atoms with Crippen molar-refractivity contribution >= 4 is 43.2 Å². The zero-order chi connectivity index (χ0) is 9.84. The third-order valence-electron chi connectivity index (χ3n) is 1.29. The first-order chi connectivity index (χ1) is 6.09. The number of hydrogen-bond donors (Lipinski definition) is 1. The summed E-state index contributed by atoms with van der Waals surface area (Å²) in [5, 5.41) is 2.66. The Bertz CT molecular complexity index is 258. The van der Waals surface area contributed by atoms with E-state index in [0.717, 1.165) is 13.1 Å². The topological polar surface area (TPSA) is 12.0 Å². The highest BCUT2D eigenvalue weighted by atomic mass is 79.9. The van der Waals surface area contributed by atoms with Crippen LogP contribution in [-0.4, -0.2) is 13.0 Å². The molecule has 1 nitrogen and oxygen atoms in total. The smallest absolute Gasteiger partial charge is 0.250 e. The fraction of sp³-hybridized carbons (Fsp3) is 0.429. The van der Waals surface area contributed by atoms with Gasteiger partial charge in [-0.1, -0.05) is 0 Å². The maximum atomic E-state index is 11.7. The molecule has 1 rings (SSSR count). The molecular weight excluding hydrogens is 328 g/mol. The van der Waals surface area contributed by atoms with Crippen LogP contribution in [0.1, 0.15) is 4.88 Å². The van der Waals surface area contributed by atoms with Crippen molar-refractivity contribution < 1.29 is 8.78 Å². The monoisotopic (exact) mass is 333 g/mol. The Hall–Kier alpha value is 0.480. The van der Waals surface area contributed by atoms with Crippen LogP contribution in [0, 0.1) is 0 Å². The summed E-state index contributed by atoms with van der Waals surface area (Å²) in [5.41, 5.74) is 0. The van der Waals surface area contributed by atoms with Gasteiger partial charge in [-0.15, -0.1) is 11.3 Å². The quantitative estimate of drug-likeness (QED) is 0.886. The van der Waals surface area contributed by atoms with Gasteiger partial charge in [0, 0.05) is 15.9 Å². The summed E-state index contributed by atoms with van der Waals surface area (Å²) in [7, 11) is 0. The minimum Gasteiger partial charge on any atom is -0.306 e. The molecule has 0 saturated carbocycles. The Balaban J connectivity index is 2.37. The lowest BCUT2D eigenvalue weighted by Gasteiger charge is -2.00. The first-order valence-electron chi connectivity index (χ1n) is 3.52. The van der Waals surface area contributed by atoms with Gasteiger partial charge in [0.25, 0.3) is 6.43 Å². The van der Waals surface area contributed by atoms with Crippen LogP contribution >= 0.6 is 43.2 Å². The molecule has 0 fully saturated rings. The van der Waals surface area contributed by atoms with Gasteiger partial charge in [0.05, 0.1) is 10.3 Å². The second-order valence-corrected chi connectivity index (χ2v) is 5.67. The minimum atomic E-state index is -2.29. The van der Waals surface area contributed by atoms with E-state index in [1.165, 1.54) is 11.3 Å². The fourth-order valence-electron chi connectivity index (χ4n) is 0.783. The van der Waals surface area contributed by atoms with E-state index in [9.17, 15) is 8.78 Å². The van der Waals surface area contributed by atoms with Crippen LogP contribution in [0.25, 0.3) is 0 Å². The number of nitrogens with one attached hydrogen (secondary N) is 1. The van der Waals surface area contributed by atoms with Crippen molar-refractivity contribution in [3.05, 3.63) is 19.2 Å². The van der Waals surface area contributed by atoms with Crippen LogP contribution in [0.5, 0.6) is 0 Å². The van der Waals surface area contributed by atoms with Gasteiger partial charge in [-0.05, 0) is 37.9 Å². The maximum Gasteiger partial charge on any atom is 0.250 e. The molecular formula is C7H7Br2F2NS. The van der Waals surface area contributed by atoms with E-state index in [2.05, 4.69) is 37.2 Å². The third kappa shape index (κ3) is 4.01. The molecule has 0 radical (unpaired) electrons. The van der Waals surface area contributed by atoms with Gasteiger partial charge in [-0.2, -0.15) is 0 Å². The molecule has 0 aliphatic heterocycles. The van der Waals surface area contributed by atoms with Crippen molar-refractivity contribution in [2.75, 3.05) is 6.54 Å². The van der Waals surface area contributed by atoms with Gasteiger partial charge < -0.3 is 5.32 Å². The molecule has 0 spiro atoms.